The van der Waals surface area contributed by atoms with Gasteiger partial charge in [0.1, 0.15) is 13.2 Å². The molecule has 0 radical (unpaired) electrons. The third-order valence-electron chi connectivity index (χ3n) is 13.1. The van der Waals surface area contributed by atoms with Crippen molar-refractivity contribution in [3.05, 3.63) is 146 Å². The molecule has 0 saturated carbocycles. The molecule has 0 N–H and O–H groups in total. The van der Waals surface area contributed by atoms with Crippen LogP contribution in [0.3, 0.4) is 0 Å². The maximum Gasteiger partial charge on any atom is 0.306 e. The Morgan fingerprint density at radius 2 is 0.513 bits per heavy atom. The molecule has 0 fully saturated rings. The highest BCUT2D eigenvalue weighted by molar-refractivity contribution is 5.71. The second-order valence-electron chi connectivity index (χ2n) is 20.6. The first-order chi connectivity index (χ1) is 38.5. The van der Waals surface area contributed by atoms with Crippen molar-refractivity contribution in [2.45, 2.75) is 277 Å². The second kappa shape index (κ2) is 64.8. The normalized spacial score (nSPS) is 13.1. The number of hydrogen-bond donors (Lipinski definition) is 0. The molecule has 0 heterocycles. The molecule has 0 saturated heterocycles. The van der Waals surface area contributed by atoms with Gasteiger partial charge in [-0.15, -0.1) is 0 Å². The Morgan fingerprint density at radius 3 is 0.821 bits per heavy atom. The van der Waals surface area contributed by atoms with Crippen LogP contribution in [0.5, 0.6) is 0 Å². The maximum absolute atomic E-state index is 12.8. The molecule has 0 aromatic heterocycles. The quantitative estimate of drug-likeness (QED) is 0.0261. The molecule has 0 aromatic rings. The molecule has 0 aromatic carbocycles. The van der Waals surface area contributed by atoms with Crippen LogP contribution in [0.2, 0.25) is 0 Å². The Morgan fingerprint density at radius 1 is 0.269 bits per heavy atom. The van der Waals surface area contributed by atoms with Gasteiger partial charge in [-0.1, -0.05) is 276 Å². The lowest BCUT2D eigenvalue weighted by molar-refractivity contribution is -0.167. The monoisotopic (exact) mass is 1080 g/mol. The van der Waals surface area contributed by atoms with Crippen LogP contribution in [0, 0.1) is 0 Å². The topological polar surface area (TPSA) is 78.9 Å². The van der Waals surface area contributed by atoms with Gasteiger partial charge >= 0.3 is 17.9 Å². The van der Waals surface area contributed by atoms with Gasteiger partial charge in [-0.05, 0) is 122 Å². The van der Waals surface area contributed by atoms with Crippen LogP contribution in [0.4, 0.5) is 0 Å². The van der Waals surface area contributed by atoms with Gasteiger partial charge < -0.3 is 14.2 Å². The largest absolute Gasteiger partial charge is 0.462 e. The Balaban J connectivity index is 4.29. The zero-order valence-corrected chi connectivity index (χ0v) is 50.4. The zero-order valence-electron chi connectivity index (χ0n) is 50.4. The number of carbonyl (C=O) groups is 3. The smallest absolute Gasteiger partial charge is 0.306 e. The van der Waals surface area contributed by atoms with Crippen molar-refractivity contribution < 1.29 is 28.6 Å². The molecule has 6 heteroatoms. The summed E-state index contributed by atoms with van der Waals surface area (Å²) < 4.78 is 16.8. The number of carbonyl (C=O) groups excluding carboxylic acids is 3. The second-order valence-corrected chi connectivity index (χ2v) is 20.6. The minimum absolute atomic E-state index is 0.0938. The van der Waals surface area contributed by atoms with Crippen LogP contribution in [-0.2, 0) is 28.6 Å². The van der Waals surface area contributed by atoms with Gasteiger partial charge in [0.25, 0.3) is 0 Å². The van der Waals surface area contributed by atoms with E-state index in [1.165, 1.54) is 70.6 Å². The average molecular weight is 1080 g/mol. The predicted octanol–water partition coefficient (Wildman–Crippen LogP) is 21.9. The van der Waals surface area contributed by atoms with Crippen molar-refractivity contribution in [3.63, 3.8) is 0 Å². The summed E-state index contributed by atoms with van der Waals surface area (Å²) in [6.07, 6.45) is 92.9. The lowest BCUT2D eigenvalue weighted by Crippen LogP contribution is -2.30. The highest BCUT2D eigenvalue weighted by Gasteiger charge is 2.19. The third kappa shape index (κ3) is 62.1. The van der Waals surface area contributed by atoms with Crippen molar-refractivity contribution in [2.75, 3.05) is 13.2 Å². The summed E-state index contributed by atoms with van der Waals surface area (Å²) in [7, 11) is 0. The van der Waals surface area contributed by atoms with Gasteiger partial charge in [0.15, 0.2) is 6.10 Å². The minimum Gasteiger partial charge on any atom is -0.462 e. The molecule has 1 atom stereocenters. The molecule has 0 aliphatic heterocycles. The van der Waals surface area contributed by atoms with Gasteiger partial charge in [0.05, 0.1) is 0 Å². The molecule has 0 aliphatic rings. The van der Waals surface area contributed by atoms with Gasteiger partial charge in [-0.3, -0.25) is 14.4 Å². The van der Waals surface area contributed by atoms with Crippen LogP contribution < -0.4 is 0 Å². The van der Waals surface area contributed by atoms with E-state index in [2.05, 4.69) is 167 Å². The number of allylic oxidation sites excluding steroid dienone is 24. The number of hydrogen-bond acceptors (Lipinski definition) is 6. The minimum atomic E-state index is -0.799. The highest BCUT2D eigenvalue weighted by Crippen LogP contribution is 2.14. The summed E-state index contributed by atoms with van der Waals surface area (Å²) in [5, 5.41) is 0. The first kappa shape index (κ1) is 73.3. The number of rotatable bonds is 56. The molecule has 1 unspecified atom stereocenters. The first-order valence-corrected chi connectivity index (χ1v) is 31.8. The molecule has 0 bridgehead atoms. The molecule has 0 spiro atoms. The van der Waals surface area contributed by atoms with Crippen LogP contribution in [0.25, 0.3) is 0 Å². The van der Waals surface area contributed by atoms with E-state index in [9.17, 15) is 14.4 Å². The molecular weight excluding hydrogens is 961 g/mol. The number of ether oxygens (including phenoxy) is 3. The highest BCUT2D eigenvalue weighted by atomic mass is 16.6. The van der Waals surface area contributed by atoms with E-state index in [1.54, 1.807) is 0 Å². The van der Waals surface area contributed by atoms with E-state index in [0.717, 1.165) is 161 Å². The Hall–Kier alpha value is -4.71. The van der Waals surface area contributed by atoms with Crippen molar-refractivity contribution in [3.8, 4) is 0 Å². The number of unbranched alkanes of at least 4 members (excludes halogenated alkanes) is 21. The van der Waals surface area contributed by atoms with E-state index >= 15 is 0 Å². The Labute approximate surface area is 480 Å². The SMILES string of the molecule is CC/C=C\C/C=C\C/C=C\C/C=C\C/C=C\C/C=C\C/C=C\C/C=C\C/C=C\C/C=C\CCCCCCC(=O)OCC(COC(=O)CCCCCCCCCCCCC)OC(=O)CCCCCCC/C=C\C/C=C\CCCC. The molecule has 78 heavy (non-hydrogen) atoms. The van der Waals surface area contributed by atoms with Gasteiger partial charge in [0, 0.05) is 19.3 Å². The van der Waals surface area contributed by atoms with Crippen LogP contribution in [0.15, 0.2) is 146 Å². The lowest BCUT2D eigenvalue weighted by Gasteiger charge is -2.18. The fraction of sp³-hybridized carbons (Fsp3) is 0.625. The van der Waals surface area contributed by atoms with Crippen LogP contribution in [-0.4, -0.2) is 37.2 Å². The third-order valence-corrected chi connectivity index (χ3v) is 13.1. The fourth-order valence-corrected chi connectivity index (χ4v) is 8.31. The van der Waals surface area contributed by atoms with Crippen LogP contribution >= 0.6 is 0 Å². The summed E-state index contributed by atoms with van der Waals surface area (Å²) in [5.74, 6) is -0.937. The van der Waals surface area contributed by atoms with Gasteiger partial charge in [0.2, 0.25) is 0 Å². The van der Waals surface area contributed by atoms with E-state index < -0.39 is 6.10 Å². The van der Waals surface area contributed by atoms with Crippen molar-refractivity contribution in [1.82, 2.24) is 0 Å². The summed E-state index contributed by atoms with van der Waals surface area (Å²) >= 11 is 0. The van der Waals surface area contributed by atoms with E-state index in [4.69, 9.17) is 14.2 Å². The standard InChI is InChI=1S/C72H116O6/c1-4-7-10-13-16-19-22-24-26-27-28-29-30-31-32-33-34-35-36-37-38-39-40-41-42-43-44-45-46-48-50-53-56-59-62-65-71(74)77-68-69(67-76-70(73)64-61-58-55-52-49-21-18-15-12-9-6-3)78-72(75)66-63-60-57-54-51-47-25-23-20-17-14-11-8-5-2/h7,10,14,16-17,19,23-26,28-29,31-32,34-35,37-38,40-41,43-44,46,48,69H,4-6,8-9,11-13,15,18,20-22,27,30,33,36,39,42,45,47,49-68H2,1-3H3/b10-7-,17-14-,19-16-,25-23-,26-24-,29-28-,32-31-,35-34-,38-37-,41-40-,44-43-,48-46-. The maximum atomic E-state index is 12.8. The molecule has 0 amide bonds. The van der Waals surface area contributed by atoms with Gasteiger partial charge in [-0.25, -0.2) is 0 Å². The van der Waals surface area contributed by atoms with Crippen molar-refractivity contribution in [1.29, 1.82) is 0 Å². The summed E-state index contributed by atoms with van der Waals surface area (Å²) in [5.41, 5.74) is 0. The van der Waals surface area contributed by atoms with E-state index in [-0.39, 0.29) is 31.1 Å². The Bertz CT molecular complexity index is 1710. The van der Waals surface area contributed by atoms with Crippen LogP contribution in [0.1, 0.15) is 271 Å². The Kier molecular flexibility index (Phi) is 60.9. The molecule has 440 valence electrons. The summed E-state index contributed by atoms with van der Waals surface area (Å²) in [6.45, 7) is 6.44. The zero-order chi connectivity index (χ0) is 56.4. The molecule has 0 rings (SSSR count). The average Bonchev–Trinajstić information content (AvgIpc) is 3.44. The summed E-state index contributed by atoms with van der Waals surface area (Å²) in [4.78, 5) is 38.1. The van der Waals surface area contributed by atoms with Gasteiger partial charge in [-0.2, -0.15) is 0 Å². The van der Waals surface area contributed by atoms with E-state index in [0.29, 0.717) is 19.3 Å². The number of esters is 3. The van der Waals surface area contributed by atoms with E-state index in [1.807, 2.05) is 0 Å². The first-order valence-electron chi connectivity index (χ1n) is 31.8. The molecular formula is C72H116O6. The fourth-order valence-electron chi connectivity index (χ4n) is 8.31. The molecule has 0 aliphatic carbocycles. The molecule has 6 nitrogen and oxygen atoms in total. The predicted molar refractivity (Wildman–Crippen MR) is 339 cm³/mol. The van der Waals surface area contributed by atoms with Crippen molar-refractivity contribution >= 4 is 17.9 Å². The summed E-state index contributed by atoms with van der Waals surface area (Å²) in [6, 6.07) is 0. The van der Waals surface area contributed by atoms with Crippen molar-refractivity contribution in [2.24, 2.45) is 0 Å². The lowest BCUT2D eigenvalue weighted by atomic mass is 10.1.